The van der Waals surface area contributed by atoms with E-state index in [1.54, 1.807) is 31.5 Å². The van der Waals surface area contributed by atoms with E-state index in [-0.39, 0.29) is 11.7 Å². The third-order valence-electron chi connectivity index (χ3n) is 7.16. The molecule has 6 rings (SSSR count). The van der Waals surface area contributed by atoms with Crippen molar-refractivity contribution >= 4 is 28.3 Å². The van der Waals surface area contributed by atoms with E-state index in [1.165, 1.54) is 0 Å². The van der Waals surface area contributed by atoms with Crippen molar-refractivity contribution < 1.29 is 19.1 Å². The van der Waals surface area contributed by atoms with Crippen molar-refractivity contribution in [1.82, 2.24) is 4.98 Å². The Morgan fingerprint density at radius 1 is 1.00 bits per heavy atom. The van der Waals surface area contributed by atoms with E-state index in [1.807, 2.05) is 55.5 Å². The number of hydrogen-bond acceptors (Lipinski definition) is 6. The number of hydrogen-bond donors (Lipinski definition) is 1. The fourth-order valence-corrected chi connectivity index (χ4v) is 5.36. The molecular formula is C31H26N2O4. The number of aromatic nitrogens is 1. The summed E-state index contributed by atoms with van der Waals surface area (Å²) in [6, 6.07) is 20.8. The molecule has 0 saturated heterocycles. The average molecular weight is 491 g/mol. The predicted molar refractivity (Wildman–Crippen MR) is 142 cm³/mol. The van der Waals surface area contributed by atoms with Crippen molar-refractivity contribution in [3.05, 3.63) is 106 Å². The van der Waals surface area contributed by atoms with Gasteiger partial charge in [-0.15, -0.1) is 0 Å². The van der Waals surface area contributed by atoms with Gasteiger partial charge in [0.2, 0.25) is 0 Å². The standard InChI is InChI=1S/C31H26N2O4/c1-18-8-10-19(11-9-18)31(35)37-26-15-12-20(17-27(26)36-2)28-29-21-5-4-16-32-22(21)13-14-24(29)33-23-6-3-7-25(34)30(23)28/h4-5,8-17,28,33H,3,6-7H2,1-2H3. The summed E-state index contributed by atoms with van der Waals surface area (Å²) in [5.74, 6) is 0.168. The van der Waals surface area contributed by atoms with Crippen molar-refractivity contribution in [2.24, 2.45) is 0 Å². The molecule has 4 aromatic rings. The zero-order valence-corrected chi connectivity index (χ0v) is 20.7. The Hall–Kier alpha value is -4.45. The number of pyridine rings is 1. The molecule has 1 unspecified atom stereocenters. The summed E-state index contributed by atoms with van der Waals surface area (Å²) < 4.78 is 11.4. The predicted octanol–water partition coefficient (Wildman–Crippen LogP) is 6.34. The van der Waals surface area contributed by atoms with Crippen molar-refractivity contribution in [2.75, 3.05) is 12.4 Å². The zero-order valence-electron chi connectivity index (χ0n) is 20.7. The maximum atomic E-state index is 13.3. The first-order chi connectivity index (χ1) is 18.0. The van der Waals surface area contributed by atoms with Gasteiger partial charge >= 0.3 is 5.97 Å². The van der Waals surface area contributed by atoms with E-state index >= 15 is 0 Å². The monoisotopic (exact) mass is 490 g/mol. The molecule has 1 atom stereocenters. The molecule has 1 aliphatic heterocycles. The summed E-state index contributed by atoms with van der Waals surface area (Å²) in [5.41, 5.74) is 7.07. The van der Waals surface area contributed by atoms with Crippen LogP contribution in [0.15, 0.2) is 84.2 Å². The lowest BCUT2D eigenvalue weighted by Gasteiger charge is -2.35. The van der Waals surface area contributed by atoms with Gasteiger partial charge in [0, 0.05) is 40.9 Å². The van der Waals surface area contributed by atoms with Crippen molar-refractivity contribution in [3.63, 3.8) is 0 Å². The minimum absolute atomic E-state index is 0.152. The molecule has 6 nitrogen and oxygen atoms in total. The Balaban J connectivity index is 1.46. The van der Waals surface area contributed by atoms with Crippen molar-refractivity contribution in [1.29, 1.82) is 0 Å². The number of ether oxygens (including phenoxy) is 2. The number of rotatable bonds is 4. The van der Waals surface area contributed by atoms with Gasteiger partial charge < -0.3 is 14.8 Å². The number of aryl methyl sites for hydroxylation is 1. The highest BCUT2D eigenvalue weighted by atomic mass is 16.6. The number of Topliss-reactive ketones (excluding diaryl/α,β-unsaturated/α-hetero) is 1. The summed E-state index contributed by atoms with van der Waals surface area (Å²) in [5, 5.41) is 4.54. The number of carbonyl (C=O) groups is 2. The maximum Gasteiger partial charge on any atom is 0.343 e. The van der Waals surface area contributed by atoms with Crippen LogP contribution < -0.4 is 14.8 Å². The molecule has 184 valence electrons. The smallest absolute Gasteiger partial charge is 0.343 e. The minimum Gasteiger partial charge on any atom is -0.493 e. The Labute approximate surface area is 214 Å². The van der Waals surface area contributed by atoms with Crippen LogP contribution in [0.25, 0.3) is 10.9 Å². The molecule has 37 heavy (non-hydrogen) atoms. The van der Waals surface area contributed by atoms with E-state index in [0.29, 0.717) is 23.5 Å². The third-order valence-corrected chi connectivity index (χ3v) is 7.16. The number of nitrogens with zero attached hydrogens (tertiary/aromatic N) is 1. The highest BCUT2D eigenvalue weighted by Crippen LogP contribution is 2.48. The molecule has 1 aromatic heterocycles. The van der Waals surface area contributed by atoms with Gasteiger partial charge in [-0.05, 0) is 73.4 Å². The number of fused-ring (bicyclic) bond motifs is 3. The van der Waals surface area contributed by atoms with Crippen LogP contribution in [0, 0.1) is 6.92 Å². The number of anilines is 1. The fraction of sp³-hybridized carbons (Fsp3) is 0.194. The topological polar surface area (TPSA) is 77.5 Å². The molecule has 0 fully saturated rings. The Bertz CT molecular complexity index is 1590. The number of ketones is 1. The molecule has 2 aliphatic rings. The quantitative estimate of drug-likeness (QED) is 0.266. The lowest BCUT2D eigenvalue weighted by molar-refractivity contribution is -0.116. The summed E-state index contributed by atoms with van der Waals surface area (Å²) in [6.45, 7) is 1.97. The number of esters is 1. The van der Waals surface area contributed by atoms with Crippen LogP contribution in [0.1, 0.15) is 52.2 Å². The summed E-state index contributed by atoms with van der Waals surface area (Å²) in [4.78, 5) is 30.6. The van der Waals surface area contributed by atoms with Crippen molar-refractivity contribution in [3.8, 4) is 11.5 Å². The Morgan fingerprint density at radius 3 is 2.65 bits per heavy atom. The average Bonchev–Trinajstić information content (AvgIpc) is 2.92. The number of methoxy groups -OCH3 is 1. The lowest BCUT2D eigenvalue weighted by atomic mass is 9.74. The highest BCUT2D eigenvalue weighted by molar-refractivity contribution is 6.03. The Morgan fingerprint density at radius 2 is 1.84 bits per heavy atom. The van der Waals surface area contributed by atoms with Gasteiger partial charge in [0.05, 0.1) is 18.2 Å². The molecule has 2 heterocycles. The Kier molecular flexibility index (Phi) is 5.72. The largest absolute Gasteiger partial charge is 0.493 e. The van der Waals surface area contributed by atoms with E-state index in [0.717, 1.165) is 57.4 Å². The molecule has 3 aromatic carbocycles. The van der Waals surface area contributed by atoms with E-state index in [2.05, 4.69) is 10.3 Å². The lowest BCUT2D eigenvalue weighted by Crippen LogP contribution is -2.27. The third kappa shape index (κ3) is 4.04. The van der Waals surface area contributed by atoms with Crippen LogP contribution in [0.3, 0.4) is 0 Å². The molecule has 0 saturated carbocycles. The van der Waals surface area contributed by atoms with E-state index < -0.39 is 5.97 Å². The number of carbonyl (C=O) groups excluding carboxylic acids is 2. The number of nitrogens with one attached hydrogen (secondary N) is 1. The van der Waals surface area contributed by atoms with Gasteiger partial charge in [0.25, 0.3) is 0 Å². The van der Waals surface area contributed by atoms with Crippen LogP contribution in [0.4, 0.5) is 5.69 Å². The van der Waals surface area contributed by atoms with Gasteiger partial charge in [0.1, 0.15) is 0 Å². The van der Waals surface area contributed by atoms with Crippen LogP contribution >= 0.6 is 0 Å². The van der Waals surface area contributed by atoms with Crippen molar-refractivity contribution in [2.45, 2.75) is 32.1 Å². The maximum absolute atomic E-state index is 13.3. The molecule has 0 radical (unpaired) electrons. The molecule has 0 amide bonds. The van der Waals surface area contributed by atoms with E-state index in [4.69, 9.17) is 9.47 Å². The molecule has 6 heteroatoms. The van der Waals surface area contributed by atoms with Crippen LogP contribution in [0.5, 0.6) is 11.5 Å². The summed E-state index contributed by atoms with van der Waals surface area (Å²) >= 11 is 0. The molecule has 1 N–H and O–H groups in total. The molecule has 0 bridgehead atoms. The van der Waals surface area contributed by atoms with Crippen LogP contribution in [-0.2, 0) is 4.79 Å². The van der Waals surface area contributed by atoms with Gasteiger partial charge in [-0.2, -0.15) is 0 Å². The van der Waals surface area contributed by atoms with Gasteiger partial charge in [-0.25, -0.2) is 4.79 Å². The van der Waals surface area contributed by atoms with Gasteiger partial charge in [0.15, 0.2) is 17.3 Å². The van der Waals surface area contributed by atoms with Crippen LogP contribution in [-0.4, -0.2) is 23.8 Å². The first-order valence-corrected chi connectivity index (χ1v) is 12.4. The first kappa shape index (κ1) is 23.0. The summed E-state index contributed by atoms with van der Waals surface area (Å²) in [6.07, 6.45) is 3.96. The molecule has 1 aliphatic carbocycles. The second-order valence-corrected chi connectivity index (χ2v) is 9.49. The molecule has 0 spiro atoms. The first-order valence-electron chi connectivity index (χ1n) is 12.4. The highest BCUT2D eigenvalue weighted by Gasteiger charge is 2.36. The minimum atomic E-state index is -0.456. The second-order valence-electron chi connectivity index (χ2n) is 9.49. The zero-order chi connectivity index (χ0) is 25.5. The van der Waals surface area contributed by atoms with Gasteiger partial charge in [-0.1, -0.05) is 29.8 Å². The van der Waals surface area contributed by atoms with Crippen LogP contribution in [0.2, 0.25) is 0 Å². The SMILES string of the molecule is COc1cc(C2C3=C(CCCC3=O)Nc3ccc4ncccc4c32)ccc1OC(=O)c1ccc(C)cc1. The molecular weight excluding hydrogens is 464 g/mol. The normalized spacial score (nSPS) is 16.6. The van der Waals surface area contributed by atoms with E-state index in [9.17, 15) is 9.59 Å². The van der Waals surface area contributed by atoms with Gasteiger partial charge in [-0.3, -0.25) is 9.78 Å². The number of benzene rings is 3. The number of allylic oxidation sites excluding steroid dienone is 2. The second kappa shape index (κ2) is 9.21. The fourth-order valence-electron chi connectivity index (χ4n) is 5.36. The summed E-state index contributed by atoms with van der Waals surface area (Å²) in [7, 11) is 1.55.